The van der Waals surface area contributed by atoms with Crippen molar-refractivity contribution in [1.82, 2.24) is 15.2 Å². The number of nitrogens with one attached hydrogen (secondary N) is 1. The maximum absolute atomic E-state index is 12.5. The van der Waals surface area contributed by atoms with E-state index in [2.05, 4.69) is 26.2 Å². The summed E-state index contributed by atoms with van der Waals surface area (Å²) in [5, 5.41) is 3.02. The average molecular weight is 402 g/mol. The Morgan fingerprint density at radius 2 is 2.20 bits per heavy atom. The number of hydrogen-bond donors (Lipinski definition) is 1. The molecule has 2 heterocycles. The summed E-state index contributed by atoms with van der Waals surface area (Å²) in [4.78, 5) is 30.7. The van der Waals surface area contributed by atoms with Crippen LogP contribution in [0.5, 0.6) is 0 Å². The van der Waals surface area contributed by atoms with E-state index in [1.54, 1.807) is 11.1 Å². The normalized spacial score (nSPS) is 18.2. The van der Waals surface area contributed by atoms with Crippen molar-refractivity contribution in [2.75, 3.05) is 6.54 Å². The van der Waals surface area contributed by atoms with E-state index in [1.165, 1.54) is 0 Å². The summed E-state index contributed by atoms with van der Waals surface area (Å²) in [5.74, 6) is -0.393. The van der Waals surface area contributed by atoms with Crippen LogP contribution in [0.25, 0.3) is 0 Å². The molecule has 1 fully saturated rings. The van der Waals surface area contributed by atoms with Crippen LogP contribution in [0.2, 0.25) is 0 Å². The number of aromatic nitrogens is 1. The molecule has 1 N–H and O–H groups in total. The summed E-state index contributed by atoms with van der Waals surface area (Å²) in [6, 6.07) is 13.4. The molecule has 5 nitrogen and oxygen atoms in total. The Hall–Kier alpha value is -2.21. The van der Waals surface area contributed by atoms with E-state index in [4.69, 9.17) is 0 Å². The third-order valence-corrected chi connectivity index (χ3v) is 4.86. The van der Waals surface area contributed by atoms with E-state index in [-0.39, 0.29) is 30.2 Å². The molecule has 0 saturated carbocycles. The van der Waals surface area contributed by atoms with Gasteiger partial charge in [-0.25, -0.2) is 0 Å². The van der Waals surface area contributed by atoms with Gasteiger partial charge in [-0.05, 0) is 36.8 Å². The van der Waals surface area contributed by atoms with Gasteiger partial charge < -0.3 is 10.2 Å². The standard InChI is InChI=1S/C19H20BrN3O2/c1-13(14-5-4-6-16(20)9-14)22-19(25)15-10-18(24)23(11-15)12-17-7-2-3-8-21-17/h2-9,13,15H,10-12H2,1H3,(H,22,25)/t13-,15-/m1/s1. The Balaban J connectivity index is 1.59. The minimum atomic E-state index is -0.314. The van der Waals surface area contributed by atoms with Gasteiger partial charge >= 0.3 is 0 Å². The van der Waals surface area contributed by atoms with Crippen LogP contribution in [0, 0.1) is 5.92 Å². The lowest BCUT2D eigenvalue weighted by molar-refractivity contribution is -0.129. The summed E-state index contributed by atoms with van der Waals surface area (Å²) < 4.78 is 0.976. The molecular weight excluding hydrogens is 382 g/mol. The Morgan fingerprint density at radius 3 is 2.92 bits per heavy atom. The highest BCUT2D eigenvalue weighted by Gasteiger charge is 2.34. The minimum absolute atomic E-state index is 0.000844. The van der Waals surface area contributed by atoms with Crippen molar-refractivity contribution >= 4 is 27.7 Å². The molecule has 1 saturated heterocycles. The molecule has 0 spiro atoms. The van der Waals surface area contributed by atoms with E-state index in [0.717, 1.165) is 15.7 Å². The first kappa shape index (κ1) is 17.6. The SMILES string of the molecule is C[C@@H](NC(=O)[C@@H]1CC(=O)N(Cc2ccccn2)C1)c1cccc(Br)c1. The van der Waals surface area contributed by atoms with Crippen molar-refractivity contribution in [3.8, 4) is 0 Å². The summed E-state index contributed by atoms with van der Waals surface area (Å²) >= 11 is 3.44. The van der Waals surface area contributed by atoms with Crippen LogP contribution in [-0.2, 0) is 16.1 Å². The lowest BCUT2D eigenvalue weighted by Crippen LogP contribution is -2.34. The Kier molecular flexibility index (Phi) is 5.48. The summed E-state index contributed by atoms with van der Waals surface area (Å²) in [6.45, 7) is 2.83. The van der Waals surface area contributed by atoms with Crippen molar-refractivity contribution in [3.05, 3.63) is 64.4 Å². The molecular formula is C19H20BrN3O2. The molecule has 1 aliphatic rings. The van der Waals surface area contributed by atoms with Crippen molar-refractivity contribution in [1.29, 1.82) is 0 Å². The zero-order chi connectivity index (χ0) is 17.8. The largest absolute Gasteiger partial charge is 0.349 e. The highest BCUT2D eigenvalue weighted by Crippen LogP contribution is 2.22. The van der Waals surface area contributed by atoms with E-state index in [0.29, 0.717) is 13.1 Å². The van der Waals surface area contributed by atoms with Gasteiger partial charge in [0.15, 0.2) is 0 Å². The second kappa shape index (κ2) is 7.78. The smallest absolute Gasteiger partial charge is 0.225 e. The van der Waals surface area contributed by atoms with Gasteiger partial charge in [0.05, 0.1) is 24.2 Å². The van der Waals surface area contributed by atoms with E-state index in [9.17, 15) is 9.59 Å². The molecule has 25 heavy (non-hydrogen) atoms. The minimum Gasteiger partial charge on any atom is -0.349 e. The van der Waals surface area contributed by atoms with Crippen LogP contribution in [0.15, 0.2) is 53.1 Å². The van der Waals surface area contributed by atoms with Gasteiger partial charge in [0.2, 0.25) is 11.8 Å². The fraction of sp³-hybridized carbons (Fsp3) is 0.316. The highest BCUT2D eigenvalue weighted by molar-refractivity contribution is 9.10. The first-order valence-electron chi connectivity index (χ1n) is 8.26. The number of pyridine rings is 1. The van der Waals surface area contributed by atoms with Gasteiger partial charge in [-0.2, -0.15) is 0 Å². The molecule has 3 rings (SSSR count). The number of hydrogen-bond acceptors (Lipinski definition) is 3. The van der Waals surface area contributed by atoms with Crippen molar-refractivity contribution in [3.63, 3.8) is 0 Å². The van der Waals surface area contributed by atoms with Gasteiger partial charge in [-0.15, -0.1) is 0 Å². The number of halogens is 1. The maximum atomic E-state index is 12.5. The average Bonchev–Trinajstić information content (AvgIpc) is 2.96. The number of likely N-dealkylation sites (tertiary alicyclic amines) is 1. The molecule has 6 heteroatoms. The van der Waals surface area contributed by atoms with Crippen molar-refractivity contribution in [2.45, 2.75) is 25.9 Å². The second-order valence-corrected chi connectivity index (χ2v) is 7.20. The molecule has 2 amide bonds. The van der Waals surface area contributed by atoms with Crippen molar-refractivity contribution < 1.29 is 9.59 Å². The Bertz CT molecular complexity index is 766. The van der Waals surface area contributed by atoms with Crippen LogP contribution in [-0.4, -0.2) is 28.2 Å². The van der Waals surface area contributed by atoms with Gasteiger partial charge in [-0.3, -0.25) is 14.6 Å². The number of rotatable bonds is 5. The monoisotopic (exact) mass is 401 g/mol. The number of nitrogens with zero attached hydrogens (tertiary/aromatic N) is 2. The fourth-order valence-electron chi connectivity index (χ4n) is 2.98. The molecule has 0 unspecified atom stereocenters. The molecule has 0 aliphatic carbocycles. The first-order chi connectivity index (χ1) is 12.0. The maximum Gasteiger partial charge on any atom is 0.225 e. The topological polar surface area (TPSA) is 62.3 Å². The summed E-state index contributed by atoms with van der Waals surface area (Å²) in [5.41, 5.74) is 1.86. The zero-order valence-corrected chi connectivity index (χ0v) is 15.6. The number of carbonyl (C=O) groups is 2. The van der Waals surface area contributed by atoms with E-state index in [1.807, 2.05) is 49.4 Å². The molecule has 130 valence electrons. The van der Waals surface area contributed by atoms with Crippen molar-refractivity contribution in [2.24, 2.45) is 5.92 Å². The van der Waals surface area contributed by atoms with Crippen LogP contribution >= 0.6 is 15.9 Å². The molecule has 2 aromatic rings. The van der Waals surface area contributed by atoms with Crippen LogP contribution in [0.3, 0.4) is 0 Å². The summed E-state index contributed by atoms with van der Waals surface area (Å²) in [7, 11) is 0. The second-order valence-electron chi connectivity index (χ2n) is 6.28. The number of benzene rings is 1. The third-order valence-electron chi connectivity index (χ3n) is 4.37. The van der Waals surface area contributed by atoms with E-state index >= 15 is 0 Å². The fourth-order valence-corrected chi connectivity index (χ4v) is 3.40. The van der Waals surface area contributed by atoms with Gasteiger partial charge in [0, 0.05) is 23.6 Å². The quantitative estimate of drug-likeness (QED) is 0.836. The lowest BCUT2D eigenvalue weighted by atomic mass is 10.1. The number of carbonyl (C=O) groups excluding carboxylic acids is 2. The molecule has 1 aliphatic heterocycles. The lowest BCUT2D eigenvalue weighted by Gasteiger charge is -2.18. The summed E-state index contributed by atoms with van der Waals surface area (Å²) in [6.07, 6.45) is 1.96. The molecule has 0 bridgehead atoms. The zero-order valence-electron chi connectivity index (χ0n) is 14.0. The van der Waals surface area contributed by atoms with Crippen LogP contribution in [0.1, 0.15) is 30.6 Å². The van der Waals surface area contributed by atoms with E-state index < -0.39 is 0 Å². The van der Waals surface area contributed by atoms with Gasteiger partial charge in [-0.1, -0.05) is 34.1 Å². The molecule has 0 radical (unpaired) electrons. The molecule has 1 aromatic heterocycles. The number of amides is 2. The highest BCUT2D eigenvalue weighted by atomic mass is 79.9. The molecule has 2 atom stereocenters. The van der Waals surface area contributed by atoms with Gasteiger partial charge in [0.25, 0.3) is 0 Å². The Labute approximate surface area is 155 Å². The van der Waals surface area contributed by atoms with Gasteiger partial charge in [0.1, 0.15) is 0 Å². The Morgan fingerprint density at radius 1 is 1.36 bits per heavy atom. The predicted octanol–water partition coefficient (Wildman–Crippen LogP) is 3.07. The third kappa shape index (κ3) is 4.45. The first-order valence-corrected chi connectivity index (χ1v) is 9.06. The molecule has 1 aromatic carbocycles. The van der Waals surface area contributed by atoms with Crippen LogP contribution in [0.4, 0.5) is 0 Å². The predicted molar refractivity (Wildman–Crippen MR) is 98.5 cm³/mol. The van der Waals surface area contributed by atoms with Crippen LogP contribution < -0.4 is 5.32 Å².